The normalized spacial score (nSPS) is 11.4. The first-order valence-electron chi connectivity index (χ1n) is 5.36. The van der Waals surface area contributed by atoms with Gasteiger partial charge in [0.15, 0.2) is 0 Å². The largest absolute Gasteiger partial charge is 0.398 e. The van der Waals surface area contributed by atoms with Crippen LogP contribution in [0.15, 0.2) is 54.6 Å². The summed E-state index contributed by atoms with van der Waals surface area (Å²) >= 11 is 7.43. The first-order valence-corrected chi connectivity index (χ1v) is 6.95. The Bertz CT molecular complexity index is 495. The maximum atomic E-state index is 6.00. The van der Waals surface area contributed by atoms with Crippen molar-refractivity contribution in [1.82, 2.24) is 0 Å². The van der Waals surface area contributed by atoms with E-state index in [1.807, 2.05) is 42.5 Å². The minimum atomic E-state index is -0.313. The van der Waals surface area contributed by atoms with Crippen LogP contribution in [0.5, 0.6) is 0 Å². The van der Waals surface area contributed by atoms with Crippen molar-refractivity contribution in [3.63, 3.8) is 0 Å². The Balaban J connectivity index is 2.28. The lowest BCUT2D eigenvalue weighted by Gasteiger charge is -2.22. The Morgan fingerprint density at radius 1 is 0.882 bits per heavy atom. The first kappa shape index (κ1) is 12.7. The summed E-state index contributed by atoms with van der Waals surface area (Å²) in [4.78, 5) is 0. The van der Waals surface area contributed by atoms with E-state index >= 15 is 0 Å². The van der Waals surface area contributed by atoms with Crippen LogP contribution in [0, 0.1) is 0 Å². The summed E-state index contributed by atoms with van der Waals surface area (Å²) in [6.45, 7) is 0. The lowest BCUT2D eigenvalue weighted by Crippen LogP contribution is -2.14. The summed E-state index contributed by atoms with van der Waals surface area (Å²) in [5, 5.41) is 0. The molecule has 0 spiro atoms. The van der Waals surface area contributed by atoms with Crippen molar-refractivity contribution < 1.29 is 0 Å². The van der Waals surface area contributed by atoms with E-state index in [-0.39, 0.29) is 3.23 Å². The third-order valence-corrected chi connectivity index (χ3v) is 4.04. The fraction of sp³-hybridized carbons (Fsp3) is 0.143. The summed E-state index contributed by atoms with van der Waals surface area (Å²) in [5.74, 6) is 0. The van der Waals surface area contributed by atoms with Gasteiger partial charge in [-0.1, -0.05) is 80.4 Å². The Kier molecular flexibility index (Phi) is 3.89. The number of nitrogen functional groups attached to an aromatic ring is 1. The molecule has 0 radical (unpaired) electrons. The van der Waals surface area contributed by atoms with Crippen molar-refractivity contribution in [1.29, 1.82) is 0 Å². The van der Waals surface area contributed by atoms with Crippen LogP contribution in [0.1, 0.15) is 11.1 Å². The van der Waals surface area contributed by atoms with Crippen LogP contribution in [0.2, 0.25) is 0 Å². The van der Waals surface area contributed by atoms with Gasteiger partial charge in [-0.15, -0.1) is 0 Å². The highest BCUT2D eigenvalue weighted by molar-refractivity contribution is 9.24. The van der Waals surface area contributed by atoms with Crippen LogP contribution in [0.3, 0.4) is 0 Å². The van der Waals surface area contributed by atoms with E-state index in [1.54, 1.807) is 0 Å². The van der Waals surface area contributed by atoms with Crippen LogP contribution in [-0.2, 0) is 9.65 Å². The summed E-state index contributed by atoms with van der Waals surface area (Å²) in [6.07, 6.45) is 0.835. The third-order valence-electron chi connectivity index (χ3n) is 2.62. The van der Waals surface area contributed by atoms with E-state index in [0.717, 1.165) is 17.7 Å². The summed E-state index contributed by atoms with van der Waals surface area (Å²) in [5.41, 5.74) is 9.10. The molecule has 88 valence electrons. The zero-order valence-electron chi connectivity index (χ0n) is 9.24. The van der Waals surface area contributed by atoms with Gasteiger partial charge in [0.05, 0.1) is 0 Å². The van der Waals surface area contributed by atoms with Gasteiger partial charge in [-0.25, -0.2) is 0 Å². The number of hydrogen-bond donors (Lipinski definition) is 1. The highest BCUT2D eigenvalue weighted by atomic mass is 79.9. The van der Waals surface area contributed by atoms with Crippen LogP contribution < -0.4 is 5.73 Å². The van der Waals surface area contributed by atoms with Crippen molar-refractivity contribution >= 4 is 37.5 Å². The molecule has 0 amide bonds. The van der Waals surface area contributed by atoms with Crippen molar-refractivity contribution in [2.24, 2.45) is 0 Å². The Labute approximate surface area is 118 Å². The molecule has 0 aliphatic carbocycles. The molecule has 0 aromatic heterocycles. The molecule has 0 heterocycles. The van der Waals surface area contributed by atoms with Gasteiger partial charge in [0.25, 0.3) is 0 Å². The first-order chi connectivity index (χ1) is 8.09. The molecule has 0 atom stereocenters. The SMILES string of the molecule is Nc1ccccc1C(Br)(Br)Cc1ccccc1. The molecule has 17 heavy (non-hydrogen) atoms. The van der Waals surface area contributed by atoms with Crippen LogP contribution in [-0.4, -0.2) is 0 Å². The zero-order valence-corrected chi connectivity index (χ0v) is 12.4. The standard InChI is InChI=1S/C14H13Br2N/c15-14(16,10-11-6-2-1-3-7-11)12-8-4-5-9-13(12)17/h1-9H,10,17H2. The van der Waals surface area contributed by atoms with Gasteiger partial charge in [0.2, 0.25) is 0 Å². The van der Waals surface area contributed by atoms with Crippen molar-refractivity contribution in [3.8, 4) is 0 Å². The fourth-order valence-electron chi connectivity index (χ4n) is 1.78. The zero-order chi connectivity index (χ0) is 12.3. The predicted octanol–water partition coefficient (Wildman–Crippen LogP) is 4.45. The fourth-order valence-corrected chi connectivity index (χ4v) is 3.15. The number of anilines is 1. The molecule has 2 N–H and O–H groups in total. The van der Waals surface area contributed by atoms with Gasteiger partial charge in [-0.3, -0.25) is 0 Å². The maximum absolute atomic E-state index is 6.00. The van der Waals surface area contributed by atoms with Gasteiger partial charge in [0, 0.05) is 17.7 Å². The number of rotatable bonds is 3. The molecule has 3 heteroatoms. The molecule has 2 rings (SSSR count). The van der Waals surface area contributed by atoms with Gasteiger partial charge in [0.1, 0.15) is 3.23 Å². The minimum Gasteiger partial charge on any atom is -0.398 e. The second-order valence-electron chi connectivity index (χ2n) is 3.95. The molecular weight excluding hydrogens is 342 g/mol. The lowest BCUT2D eigenvalue weighted by atomic mass is 10.0. The van der Waals surface area contributed by atoms with E-state index in [4.69, 9.17) is 5.73 Å². The molecule has 0 aliphatic heterocycles. The van der Waals surface area contributed by atoms with Crippen LogP contribution >= 0.6 is 31.9 Å². The number of nitrogens with two attached hydrogens (primary N) is 1. The molecule has 0 bridgehead atoms. The average Bonchev–Trinajstić information content (AvgIpc) is 2.30. The topological polar surface area (TPSA) is 26.0 Å². The van der Waals surface area contributed by atoms with Crippen LogP contribution in [0.4, 0.5) is 5.69 Å². The maximum Gasteiger partial charge on any atom is 0.111 e. The molecule has 0 fully saturated rings. The second-order valence-corrected chi connectivity index (χ2v) is 7.73. The van der Waals surface area contributed by atoms with Gasteiger partial charge in [-0.2, -0.15) is 0 Å². The molecule has 0 saturated heterocycles. The molecule has 2 aromatic rings. The molecule has 1 nitrogen and oxygen atoms in total. The van der Waals surface area contributed by atoms with Crippen molar-refractivity contribution in [2.45, 2.75) is 9.65 Å². The van der Waals surface area contributed by atoms with E-state index in [1.165, 1.54) is 5.56 Å². The Morgan fingerprint density at radius 2 is 1.47 bits per heavy atom. The Hall–Kier alpha value is -0.800. The average molecular weight is 355 g/mol. The monoisotopic (exact) mass is 353 g/mol. The number of para-hydroxylation sites is 1. The highest BCUT2D eigenvalue weighted by Crippen LogP contribution is 2.43. The van der Waals surface area contributed by atoms with Crippen molar-refractivity contribution in [2.75, 3.05) is 5.73 Å². The smallest absolute Gasteiger partial charge is 0.111 e. The quantitative estimate of drug-likeness (QED) is 0.639. The minimum absolute atomic E-state index is 0.313. The third kappa shape index (κ3) is 3.11. The summed E-state index contributed by atoms with van der Waals surface area (Å²) in [7, 11) is 0. The molecule has 0 unspecified atom stereocenters. The summed E-state index contributed by atoms with van der Waals surface area (Å²) in [6, 6.07) is 18.2. The van der Waals surface area contributed by atoms with E-state index in [2.05, 4.69) is 44.0 Å². The highest BCUT2D eigenvalue weighted by Gasteiger charge is 2.27. The van der Waals surface area contributed by atoms with Crippen LogP contribution in [0.25, 0.3) is 0 Å². The molecule has 2 aromatic carbocycles. The van der Waals surface area contributed by atoms with Gasteiger partial charge in [-0.05, 0) is 11.6 Å². The molecular formula is C14H13Br2N. The second kappa shape index (κ2) is 5.23. The predicted molar refractivity (Wildman–Crippen MR) is 80.5 cm³/mol. The molecule has 0 aliphatic rings. The van der Waals surface area contributed by atoms with Crippen molar-refractivity contribution in [3.05, 3.63) is 65.7 Å². The number of halogens is 2. The summed E-state index contributed by atoms with van der Waals surface area (Å²) < 4.78 is -0.313. The Morgan fingerprint density at radius 3 is 2.12 bits per heavy atom. The molecule has 0 saturated carbocycles. The number of benzene rings is 2. The lowest BCUT2D eigenvalue weighted by molar-refractivity contribution is 0.902. The van der Waals surface area contributed by atoms with E-state index < -0.39 is 0 Å². The van der Waals surface area contributed by atoms with Gasteiger partial charge >= 0.3 is 0 Å². The van der Waals surface area contributed by atoms with E-state index in [9.17, 15) is 0 Å². The number of hydrogen-bond acceptors (Lipinski definition) is 1. The number of alkyl halides is 2. The van der Waals surface area contributed by atoms with Gasteiger partial charge < -0.3 is 5.73 Å². The van der Waals surface area contributed by atoms with E-state index in [0.29, 0.717) is 0 Å².